The first-order chi connectivity index (χ1) is 12.0. The third-order valence-corrected chi connectivity index (χ3v) is 5.56. The van der Waals surface area contributed by atoms with Gasteiger partial charge >= 0.3 is 6.03 Å². The molecule has 0 spiro atoms. The molecule has 138 valence electrons. The van der Waals surface area contributed by atoms with Crippen LogP contribution in [-0.2, 0) is 0 Å². The van der Waals surface area contributed by atoms with E-state index in [1.807, 2.05) is 30.0 Å². The first-order valence-electron chi connectivity index (χ1n) is 9.24. The summed E-state index contributed by atoms with van der Waals surface area (Å²) in [5.74, 6) is 0.774. The molecule has 1 atom stereocenters. The van der Waals surface area contributed by atoms with Gasteiger partial charge in [0.05, 0.1) is 0 Å². The molecule has 2 heterocycles. The maximum Gasteiger partial charge on any atom is 0.321 e. The van der Waals surface area contributed by atoms with E-state index >= 15 is 0 Å². The van der Waals surface area contributed by atoms with Crippen LogP contribution in [0.15, 0.2) is 18.2 Å². The third-order valence-electron chi connectivity index (χ3n) is 5.33. The number of anilines is 1. The Labute approximate surface area is 155 Å². The van der Waals surface area contributed by atoms with Crippen molar-refractivity contribution in [3.05, 3.63) is 28.8 Å². The number of likely N-dealkylation sites (tertiary alicyclic amines) is 1. The van der Waals surface area contributed by atoms with Crippen molar-refractivity contribution in [1.29, 1.82) is 0 Å². The Morgan fingerprint density at radius 1 is 1.24 bits per heavy atom. The lowest BCUT2D eigenvalue weighted by Gasteiger charge is -2.38. The van der Waals surface area contributed by atoms with Crippen molar-refractivity contribution in [2.75, 3.05) is 58.2 Å². The lowest BCUT2D eigenvalue weighted by molar-refractivity contribution is 0.109. The molecule has 0 aromatic heterocycles. The molecule has 2 amide bonds. The number of nitrogens with one attached hydrogen (secondary N) is 1. The van der Waals surface area contributed by atoms with Crippen molar-refractivity contribution in [2.24, 2.45) is 5.92 Å². The number of benzene rings is 1. The van der Waals surface area contributed by atoms with Crippen molar-refractivity contribution < 1.29 is 4.79 Å². The largest absolute Gasteiger partial charge is 0.322 e. The number of piperidine rings is 1. The van der Waals surface area contributed by atoms with Gasteiger partial charge in [0.1, 0.15) is 0 Å². The summed E-state index contributed by atoms with van der Waals surface area (Å²) < 4.78 is 0. The number of halogens is 1. The van der Waals surface area contributed by atoms with Gasteiger partial charge < -0.3 is 15.1 Å². The summed E-state index contributed by atoms with van der Waals surface area (Å²) in [5, 5.41) is 3.70. The Hall–Kier alpha value is -1.30. The smallest absolute Gasteiger partial charge is 0.321 e. The van der Waals surface area contributed by atoms with Gasteiger partial charge in [-0.05, 0) is 63.0 Å². The van der Waals surface area contributed by atoms with Gasteiger partial charge in [0.15, 0.2) is 0 Å². The Bertz CT molecular complexity index is 601. The second-order valence-electron chi connectivity index (χ2n) is 7.45. The number of hydrogen-bond donors (Lipinski definition) is 1. The molecule has 3 rings (SSSR count). The van der Waals surface area contributed by atoms with Crippen LogP contribution in [0, 0.1) is 12.8 Å². The van der Waals surface area contributed by atoms with Crippen molar-refractivity contribution in [1.82, 2.24) is 14.7 Å². The Kier molecular flexibility index (Phi) is 6.20. The van der Waals surface area contributed by atoms with E-state index in [9.17, 15) is 4.79 Å². The summed E-state index contributed by atoms with van der Waals surface area (Å²) in [4.78, 5) is 19.4. The number of urea groups is 1. The molecular formula is C19H29ClN4O. The standard InChI is InChI=1S/C19H29ClN4O/c1-15-12-17(20)5-6-18(15)21-19(25)24-10-8-23(9-11-24)14-16-4-3-7-22(2)13-16/h5-6,12,16H,3-4,7-11,13-14H2,1-2H3,(H,21,25)/t16-/m0/s1. The molecule has 0 unspecified atom stereocenters. The van der Waals surface area contributed by atoms with Gasteiger partial charge in [0, 0.05) is 50.0 Å². The summed E-state index contributed by atoms with van der Waals surface area (Å²) >= 11 is 5.98. The van der Waals surface area contributed by atoms with Crippen molar-refractivity contribution >= 4 is 23.3 Å². The first-order valence-corrected chi connectivity index (χ1v) is 9.62. The van der Waals surface area contributed by atoms with E-state index in [2.05, 4.69) is 22.2 Å². The van der Waals surface area contributed by atoms with Crippen molar-refractivity contribution in [3.63, 3.8) is 0 Å². The lowest BCUT2D eigenvalue weighted by Crippen LogP contribution is -2.51. The van der Waals surface area contributed by atoms with E-state index in [0.717, 1.165) is 49.9 Å². The van der Waals surface area contributed by atoms with E-state index in [1.54, 1.807) is 0 Å². The Morgan fingerprint density at radius 2 is 2.00 bits per heavy atom. The summed E-state index contributed by atoms with van der Waals surface area (Å²) in [6.07, 6.45) is 2.64. The van der Waals surface area contributed by atoms with Crippen LogP contribution < -0.4 is 5.32 Å². The van der Waals surface area contributed by atoms with Gasteiger partial charge in [-0.1, -0.05) is 11.6 Å². The predicted molar refractivity (Wildman–Crippen MR) is 103 cm³/mol. The average Bonchev–Trinajstić information content (AvgIpc) is 2.58. The maximum atomic E-state index is 12.5. The van der Waals surface area contributed by atoms with Crippen molar-refractivity contribution in [2.45, 2.75) is 19.8 Å². The third kappa shape index (κ3) is 5.09. The van der Waals surface area contributed by atoms with E-state index in [0.29, 0.717) is 5.02 Å². The van der Waals surface area contributed by atoms with Crippen LogP contribution in [0.4, 0.5) is 10.5 Å². The highest BCUT2D eigenvalue weighted by molar-refractivity contribution is 6.30. The lowest BCUT2D eigenvalue weighted by atomic mass is 9.97. The minimum absolute atomic E-state index is 0.0116. The fourth-order valence-electron chi connectivity index (χ4n) is 3.88. The summed E-state index contributed by atoms with van der Waals surface area (Å²) in [5.41, 5.74) is 1.82. The number of amides is 2. The van der Waals surface area contributed by atoms with E-state index in [-0.39, 0.29) is 6.03 Å². The fourth-order valence-corrected chi connectivity index (χ4v) is 4.11. The quantitative estimate of drug-likeness (QED) is 0.895. The van der Waals surface area contributed by atoms with Gasteiger partial charge in [-0.3, -0.25) is 4.90 Å². The molecule has 1 aromatic rings. The number of rotatable bonds is 3. The summed E-state index contributed by atoms with van der Waals surface area (Å²) in [6, 6.07) is 5.54. The van der Waals surface area contributed by atoms with Crippen LogP contribution >= 0.6 is 11.6 Å². The van der Waals surface area contributed by atoms with E-state index in [1.165, 1.54) is 25.9 Å². The highest BCUT2D eigenvalue weighted by atomic mass is 35.5. The van der Waals surface area contributed by atoms with Crippen molar-refractivity contribution in [3.8, 4) is 0 Å². The van der Waals surface area contributed by atoms with Crippen LogP contribution in [0.3, 0.4) is 0 Å². The molecule has 1 aromatic carbocycles. The Morgan fingerprint density at radius 3 is 2.68 bits per heavy atom. The molecule has 2 fully saturated rings. The number of piperazine rings is 1. The van der Waals surface area contributed by atoms with Crippen LogP contribution in [0.1, 0.15) is 18.4 Å². The number of carbonyl (C=O) groups is 1. The van der Waals surface area contributed by atoms with Crippen LogP contribution in [-0.4, -0.2) is 73.6 Å². The first kappa shape index (κ1) is 18.5. The maximum absolute atomic E-state index is 12.5. The summed E-state index contributed by atoms with van der Waals surface area (Å²) in [6.45, 7) is 9.07. The number of nitrogens with zero attached hydrogens (tertiary/aromatic N) is 3. The molecule has 1 N–H and O–H groups in total. The molecule has 2 saturated heterocycles. The van der Waals surface area contributed by atoms with Crippen LogP contribution in [0.5, 0.6) is 0 Å². The number of hydrogen-bond acceptors (Lipinski definition) is 3. The molecule has 0 radical (unpaired) electrons. The Balaban J connectivity index is 1.46. The van der Waals surface area contributed by atoms with Gasteiger partial charge in [-0.2, -0.15) is 0 Å². The molecule has 0 bridgehead atoms. The predicted octanol–water partition coefficient (Wildman–Crippen LogP) is 3.14. The molecule has 25 heavy (non-hydrogen) atoms. The van der Waals surface area contributed by atoms with E-state index < -0.39 is 0 Å². The zero-order valence-electron chi connectivity index (χ0n) is 15.3. The monoisotopic (exact) mass is 364 g/mol. The highest BCUT2D eigenvalue weighted by Crippen LogP contribution is 2.21. The molecule has 2 aliphatic heterocycles. The second kappa shape index (κ2) is 8.39. The molecule has 6 heteroatoms. The normalized spacial score (nSPS) is 22.8. The van der Waals surface area contributed by atoms with Gasteiger partial charge in [0.25, 0.3) is 0 Å². The van der Waals surface area contributed by atoms with Gasteiger partial charge in [-0.15, -0.1) is 0 Å². The van der Waals surface area contributed by atoms with Crippen LogP contribution in [0.2, 0.25) is 5.02 Å². The zero-order valence-corrected chi connectivity index (χ0v) is 16.1. The van der Waals surface area contributed by atoms with Gasteiger partial charge in [0.2, 0.25) is 0 Å². The minimum atomic E-state index is -0.0116. The van der Waals surface area contributed by atoms with Crippen LogP contribution in [0.25, 0.3) is 0 Å². The fraction of sp³-hybridized carbons (Fsp3) is 0.632. The molecule has 5 nitrogen and oxygen atoms in total. The summed E-state index contributed by atoms with van der Waals surface area (Å²) in [7, 11) is 2.22. The topological polar surface area (TPSA) is 38.8 Å². The molecule has 0 saturated carbocycles. The minimum Gasteiger partial charge on any atom is -0.322 e. The molecule has 0 aliphatic carbocycles. The SMILES string of the molecule is Cc1cc(Cl)ccc1NC(=O)N1CCN(C[C@H]2CCCN(C)C2)CC1. The zero-order chi connectivity index (χ0) is 17.8. The molecular weight excluding hydrogens is 336 g/mol. The second-order valence-corrected chi connectivity index (χ2v) is 7.88. The van der Waals surface area contributed by atoms with E-state index in [4.69, 9.17) is 11.6 Å². The molecule has 2 aliphatic rings. The number of aryl methyl sites for hydroxylation is 1. The average molecular weight is 365 g/mol. The number of carbonyl (C=O) groups excluding carboxylic acids is 1. The van der Waals surface area contributed by atoms with Gasteiger partial charge in [-0.25, -0.2) is 4.79 Å². The highest BCUT2D eigenvalue weighted by Gasteiger charge is 2.25.